The van der Waals surface area contributed by atoms with Crippen LogP contribution in [0.4, 0.5) is 0 Å². The van der Waals surface area contributed by atoms with E-state index < -0.39 is 0 Å². The third kappa shape index (κ3) is 1.62. The summed E-state index contributed by atoms with van der Waals surface area (Å²) in [6.45, 7) is 0.902. The van der Waals surface area contributed by atoms with Crippen molar-refractivity contribution in [2.45, 2.75) is 25.8 Å². The summed E-state index contributed by atoms with van der Waals surface area (Å²) < 4.78 is 1.75. The van der Waals surface area contributed by atoms with E-state index in [1.54, 1.807) is 11.0 Å². The van der Waals surface area contributed by atoms with Crippen LogP contribution in [-0.4, -0.2) is 14.8 Å². The van der Waals surface area contributed by atoms with Gasteiger partial charge in [0.05, 0.1) is 0 Å². The molecule has 0 bridgehead atoms. The standard InChI is InChI=1S/C8H10N4/c9-5-8-10-6-12(11-8)4-3-7-1-2-7/h6-7H,1-4H2. The summed E-state index contributed by atoms with van der Waals surface area (Å²) in [5.41, 5.74) is 0. The minimum Gasteiger partial charge on any atom is -0.252 e. The first-order chi connectivity index (χ1) is 5.88. The van der Waals surface area contributed by atoms with E-state index in [0.29, 0.717) is 0 Å². The van der Waals surface area contributed by atoms with Gasteiger partial charge in [0.25, 0.3) is 5.82 Å². The molecule has 0 radical (unpaired) electrons. The molecule has 4 nitrogen and oxygen atoms in total. The van der Waals surface area contributed by atoms with Crippen molar-refractivity contribution in [3.8, 4) is 6.07 Å². The fourth-order valence-electron chi connectivity index (χ4n) is 1.17. The van der Waals surface area contributed by atoms with Gasteiger partial charge < -0.3 is 0 Å². The van der Waals surface area contributed by atoms with Crippen molar-refractivity contribution in [3.63, 3.8) is 0 Å². The van der Waals surface area contributed by atoms with Gasteiger partial charge in [0, 0.05) is 6.54 Å². The van der Waals surface area contributed by atoms with Crippen LogP contribution in [0.5, 0.6) is 0 Å². The van der Waals surface area contributed by atoms with Crippen molar-refractivity contribution in [2.24, 2.45) is 5.92 Å². The second-order valence-electron chi connectivity index (χ2n) is 3.18. The Balaban J connectivity index is 1.90. The van der Waals surface area contributed by atoms with Crippen LogP contribution in [-0.2, 0) is 6.54 Å². The van der Waals surface area contributed by atoms with Crippen molar-refractivity contribution in [3.05, 3.63) is 12.2 Å². The van der Waals surface area contributed by atoms with Gasteiger partial charge in [-0.3, -0.25) is 4.68 Å². The van der Waals surface area contributed by atoms with Crippen LogP contribution >= 0.6 is 0 Å². The average Bonchev–Trinajstić information content (AvgIpc) is 2.81. The Morgan fingerprint density at radius 2 is 2.50 bits per heavy atom. The number of aromatic nitrogens is 3. The Bertz CT molecular complexity index is 305. The molecule has 1 aliphatic rings. The van der Waals surface area contributed by atoms with Crippen LogP contribution in [0.2, 0.25) is 0 Å². The average molecular weight is 162 g/mol. The van der Waals surface area contributed by atoms with Crippen LogP contribution in [0.15, 0.2) is 6.33 Å². The number of rotatable bonds is 3. The van der Waals surface area contributed by atoms with Gasteiger partial charge in [-0.1, -0.05) is 12.8 Å². The molecule has 0 aliphatic heterocycles. The predicted octanol–water partition coefficient (Wildman–Crippen LogP) is 0.950. The number of hydrogen-bond donors (Lipinski definition) is 0. The van der Waals surface area contributed by atoms with E-state index in [4.69, 9.17) is 5.26 Å². The summed E-state index contributed by atoms with van der Waals surface area (Å²) in [4.78, 5) is 3.82. The molecule has 1 saturated carbocycles. The molecule has 62 valence electrons. The Labute approximate surface area is 70.8 Å². The van der Waals surface area contributed by atoms with Gasteiger partial charge in [0.15, 0.2) is 0 Å². The maximum atomic E-state index is 8.45. The van der Waals surface area contributed by atoms with E-state index in [9.17, 15) is 0 Å². The zero-order valence-corrected chi connectivity index (χ0v) is 6.77. The lowest BCUT2D eigenvalue weighted by atomic mass is 10.3. The van der Waals surface area contributed by atoms with Gasteiger partial charge in [-0.15, -0.1) is 5.10 Å². The van der Waals surface area contributed by atoms with Gasteiger partial charge in [-0.2, -0.15) is 5.26 Å². The summed E-state index contributed by atoms with van der Waals surface area (Å²) in [7, 11) is 0. The summed E-state index contributed by atoms with van der Waals surface area (Å²) in [5, 5.41) is 12.4. The predicted molar refractivity (Wildman–Crippen MR) is 42.1 cm³/mol. The second-order valence-corrected chi connectivity index (χ2v) is 3.18. The highest BCUT2D eigenvalue weighted by Crippen LogP contribution is 2.32. The fraction of sp³-hybridized carbons (Fsp3) is 0.625. The lowest BCUT2D eigenvalue weighted by molar-refractivity contribution is 0.544. The van der Waals surface area contributed by atoms with E-state index in [1.165, 1.54) is 19.3 Å². The first-order valence-corrected chi connectivity index (χ1v) is 4.18. The molecule has 0 spiro atoms. The fourth-order valence-corrected chi connectivity index (χ4v) is 1.17. The number of aryl methyl sites for hydroxylation is 1. The van der Waals surface area contributed by atoms with Crippen LogP contribution in [0, 0.1) is 17.2 Å². The number of hydrogen-bond acceptors (Lipinski definition) is 3. The summed E-state index contributed by atoms with van der Waals surface area (Å²) in [5.74, 6) is 1.17. The molecule has 2 rings (SSSR count). The van der Waals surface area contributed by atoms with E-state index >= 15 is 0 Å². The van der Waals surface area contributed by atoms with E-state index in [2.05, 4.69) is 10.1 Å². The monoisotopic (exact) mass is 162 g/mol. The molecule has 0 unspecified atom stereocenters. The molecule has 1 aromatic rings. The maximum absolute atomic E-state index is 8.45. The molecular formula is C8H10N4. The highest BCUT2D eigenvalue weighted by atomic mass is 15.3. The zero-order valence-electron chi connectivity index (χ0n) is 6.77. The molecule has 0 aromatic carbocycles. The Morgan fingerprint density at radius 1 is 1.67 bits per heavy atom. The molecule has 1 aliphatic carbocycles. The second kappa shape index (κ2) is 2.94. The molecule has 1 aromatic heterocycles. The largest absolute Gasteiger partial charge is 0.252 e. The molecule has 12 heavy (non-hydrogen) atoms. The SMILES string of the molecule is N#Cc1ncn(CCC2CC2)n1. The Morgan fingerprint density at radius 3 is 3.08 bits per heavy atom. The van der Waals surface area contributed by atoms with E-state index in [-0.39, 0.29) is 5.82 Å². The van der Waals surface area contributed by atoms with Crippen molar-refractivity contribution in [2.75, 3.05) is 0 Å². The van der Waals surface area contributed by atoms with Crippen LogP contribution in [0.3, 0.4) is 0 Å². The van der Waals surface area contributed by atoms with Crippen molar-refractivity contribution in [1.82, 2.24) is 14.8 Å². The normalized spacial score (nSPS) is 15.9. The van der Waals surface area contributed by atoms with E-state index in [0.717, 1.165) is 12.5 Å². The molecule has 0 N–H and O–H groups in total. The van der Waals surface area contributed by atoms with Gasteiger partial charge in [-0.25, -0.2) is 4.98 Å². The smallest absolute Gasteiger partial charge is 0.252 e. The van der Waals surface area contributed by atoms with Crippen LogP contribution in [0.1, 0.15) is 25.1 Å². The van der Waals surface area contributed by atoms with Gasteiger partial charge in [-0.05, 0) is 12.3 Å². The first kappa shape index (κ1) is 7.29. The topological polar surface area (TPSA) is 54.5 Å². The molecular weight excluding hydrogens is 152 g/mol. The first-order valence-electron chi connectivity index (χ1n) is 4.18. The van der Waals surface area contributed by atoms with Crippen LogP contribution < -0.4 is 0 Å². The minimum absolute atomic E-state index is 0.269. The van der Waals surface area contributed by atoms with Crippen molar-refractivity contribution >= 4 is 0 Å². The minimum atomic E-state index is 0.269. The Hall–Kier alpha value is -1.37. The molecule has 0 saturated heterocycles. The van der Waals surface area contributed by atoms with Crippen molar-refractivity contribution < 1.29 is 0 Å². The van der Waals surface area contributed by atoms with Gasteiger partial charge in [0.2, 0.25) is 0 Å². The summed E-state index contributed by atoms with van der Waals surface area (Å²) >= 11 is 0. The summed E-state index contributed by atoms with van der Waals surface area (Å²) in [6, 6.07) is 1.91. The molecule has 1 heterocycles. The van der Waals surface area contributed by atoms with E-state index in [1.807, 2.05) is 6.07 Å². The highest BCUT2D eigenvalue weighted by Gasteiger charge is 2.20. The maximum Gasteiger partial charge on any atom is 0.252 e. The molecule has 0 amide bonds. The van der Waals surface area contributed by atoms with Crippen molar-refractivity contribution in [1.29, 1.82) is 5.26 Å². The highest BCUT2D eigenvalue weighted by molar-refractivity contribution is 5.05. The zero-order chi connectivity index (χ0) is 8.39. The number of nitriles is 1. The van der Waals surface area contributed by atoms with Gasteiger partial charge >= 0.3 is 0 Å². The number of nitrogens with zero attached hydrogens (tertiary/aromatic N) is 4. The van der Waals surface area contributed by atoms with Gasteiger partial charge in [0.1, 0.15) is 12.4 Å². The molecule has 0 atom stereocenters. The third-order valence-electron chi connectivity index (χ3n) is 2.10. The Kier molecular flexibility index (Phi) is 1.78. The lowest BCUT2D eigenvalue weighted by Gasteiger charge is -1.96. The van der Waals surface area contributed by atoms with Crippen LogP contribution in [0.25, 0.3) is 0 Å². The third-order valence-corrected chi connectivity index (χ3v) is 2.10. The lowest BCUT2D eigenvalue weighted by Crippen LogP contribution is -1.99. The quantitative estimate of drug-likeness (QED) is 0.664. The summed E-state index contributed by atoms with van der Waals surface area (Å²) in [6.07, 6.45) is 5.52. The molecule has 1 fully saturated rings. The molecule has 4 heteroatoms.